The van der Waals surface area contributed by atoms with Gasteiger partial charge in [0.1, 0.15) is 71.3 Å². The fourth-order valence-corrected chi connectivity index (χ4v) is 12.3. The number of anilines is 1. The van der Waals surface area contributed by atoms with Crippen LogP contribution in [0.15, 0.2) is 64.6 Å². The standard InChI is InChI=1S/C71H108N18O14S/c1-36(2)30-50(81-56(92)25-29-80-70(104)88-46-18-13-16-45-57(46)67(101)103-71(45)43-23-21-41(90)34-54(43)102-55-35-42(91)22-24-44(55)71)62(96)85-52(32-38(5)6)64(98)87-53(33-39(7)8)65(99)86-51(31-37(3)4)63(97)83-49(20-15-28-79-69(76)77)61(95)89-58(40(9)10)66(100)84-48(17-11-12-26-72)60(94)82-47(59(73)93)19-14-27-78-68(74)75/h13,16,18,21-24,34-40,47-53,58,90-91H,11-12,14-15,17,19-20,25-33,72H2,1-10H3,(H2,73,93)(H,81,92)(H,82,94)(H,83,97)(H,84,100)(H,85,96)(H,86,99)(H,87,98)(H,89,95)(H4,74,75,78)(H4,76,77,79)(H2,80,88,104)/t47-,48-,49-,50-,51-,52-,53-,58-/m0/s1. The molecule has 572 valence electrons. The number of nitrogens with one attached hydrogen (secondary N) is 10. The molecule has 3 aromatic rings. The van der Waals surface area contributed by atoms with Gasteiger partial charge in [0.15, 0.2) is 22.6 Å². The second-order valence-electron chi connectivity index (χ2n) is 28.2. The molecule has 0 radical (unpaired) electrons. The van der Waals surface area contributed by atoms with Gasteiger partial charge >= 0.3 is 5.97 Å². The molecule has 2 aliphatic rings. The summed E-state index contributed by atoms with van der Waals surface area (Å²) in [6.45, 7) is 18.5. The Balaban J connectivity index is 1.27. The number of carbonyl (C=O) groups excluding carboxylic acids is 10. The van der Waals surface area contributed by atoms with Crippen molar-refractivity contribution in [2.24, 2.45) is 74.0 Å². The molecule has 9 amide bonds. The highest BCUT2D eigenvalue weighted by molar-refractivity contribution is 7.80. The molecule has 2 aliphatic heterocycles. The lowest BCUT2D eigenvalue weighted by Gasteiger charge is -2.36. The van der Waals surface area contributed by atoms with E-state index in [1.165, 1.54) is 24.3 Å². The first-order valence-electron chi connectivity index (χ1n) is 35.3. The Kier molecular flexibility index (Phi) is 32.6. The van der Waals surface area contributed by atoms with E-state index >= 15 is 0 Å². The molecule has 32 nitrogen and oxygen atoms in total. The summed E-state index contributed by atoms with van der Waals surface area (Å²) in [6.07, 6.45) is 1.76. The van der Waals surface area contributed by atoms with E-state index in [-0.39, 0.29) is 152 Å². The molecule has 0 fully saturated rings. The van der Waals surface area contributed by atoms with Gasteiger partial charge in [-0.3, -0.25) is 53.1 Å². The number of esters is 1. The second kappa shape index (κ2) is 40.1. The molecule has 24 N–H and O–H groups in total. The molecule has 0 saturated heterocycles. The molecular formula is C71H108N18O14S. The highest BCUT2D eigenvalue weighted by Gasteiger charge is 2.54. The molecule has 0 aliphatic carbocycles. The number of rotatable bonds is 41. The number of hydrogen-bond donors (Lipinski definition) is 18. The van der Waals surface area contributed by atoms with Crippen molar-refractivity contribution in [1.82, 2.24) is 47.9 Å². The molecule has 1 spiro atoms. The fraction of sp³-hybridized carbons (Fsp3) is 0.563. The number of phenols is 2. The Bertz CT molecular complexity index is 3550. The van der Waals surface area contributed by atoms with Gasteiger partial charge in [0.05, 0.1) is 11.3 Å². The first-order chi connectivity index (χ1) is 49.0. The number of guanidine groups is 2. The third kappa shape index (κ3) is 25.1. The summed E-state index contributed by atoms with van der Waals surface area (Å²) in [7, 11) is 0. The van der Waals surface area contributed by atoms with Gasteiger partial charge in [-0.15, -0.1) is 0 Å². The van der Waals surface area contributed by atoms with Gasteiger partial charge in [0.2, 0.25) is 53.2 Å². The van der Waals surface area contributed by atoms with Crippen LogP contribution in [0, 0.1) is 29.6 Å². The zero-order chi connectivity index (χ0) is 77.3. The first kappa shape index (κ1) is 84.6. The zero-order valence-corrected chi connectivity index (χ0v) is 61.9. The average Bonchev–Trinajstić information content (AvgIpc) is 1.48. The van der Waals surface area contributed by atoms with Crippen molar-refractivity contribution in [3.05, 3.63) is 76.9 Å². The Morgan fingerprint density at radius 1 is 0.510 bits per heavy atom. The van der Waals surface area contributed by atoms with Crippen LogP contribution in [0.2, 0.25) is 0 Å². The van der Waals surface area contributed by atoms with E-state index in [2.05, 4.69) is 63.2 Å². The van der Waals surface area contributed by atoms with E-state index in [0.29, 0.717) is 42.5 Å². The molecule has 2 heterocycles. The summed E-state index contributed by atoms with van der Waals surface area (Å²) in [4.78, 5) is 149. The van der Waals surface area contributed by atoms with Crippen LogP contribution in [0.5, 0.6) is 23.0 Å². The number of nitrogens with zero attached hydrogens (tertiary/aromatic N) is 2. The third-order valence-electron chi connectivity index (χ3n) is 17.1. The summed E-state index contributed by atoms with van der Waals surface area (Å²) in [5.74, 6) is -8.61. The van der Waals surface area contributed by atoms with Crippen LogP contribution in [0.1, 0.15) is 173 Å². The van der Waals surface area contributed by atoms with Crippen LogP contribution >= 0.6 is 12.2 Å². The third-order valence-corrected chi connectivity index (χ3v) is 17.3. The molecule has 5 rings (SSSR count). The number of amides is 9. The minimum atomic E-state index is -1.53. The van der Waals surface area contributed by atoms with Crippen molar-refractivity contribution >= 4 is 94.1 Å². The lowest BCUT2D eigenvalue weighted by molar-refractivity contribution is -0.136. The van der Waals surface area contributed by atoms with Crippen LogP contribution in [0.25, 0.3) is 0 Å². The van der Waals surface area contributed by atoms with E-state index in [9.17, 15) is 58.2 Å². The van der Waals surface area contributed by atoms with Gasteiger partial charge in [-0.1, -0.05) is 81.4 Å². The average molecular weight is 1470 g/mol. The Labute approximate surface area is 612 Å². The lowest BCUT2D eigenvalue weighted by atomic mass is 9.77. The second-order valence-corrected chi connectivity index (χ2v) is 28.6. The maximum Gasteiger partial charge on any atom is 0.342 e. The van der Waals surface area contributed by atoms with E-state index < -0.39 is 119 Å². The number of primary amides is 1. The van der Waals surface area contributed by atoms with Crippen LogP contribution in [-0.2, 0) is 53.5 Å². The SMILES string of the molecule is CC(C)C[C@H](NC(=O)CCNC(=S)Nc1cccc2c1C(=O)OC21c2ccc(O)cc2Oc2cc(O)ccc21)C(=O)N[C@@H](CC(C)C)C(=O)N[C@@H](CC(C)C)C(=O)N[C@@H](CC(C)C)C(=O)N[C@@H](CCCN=C(N)N)C(=O)N[C@H](C(=O)N[C@@H](CCCCN)C(=O)N[C@@H](CCCN=C(N)N)C(N)=O)C(C)C. The van der Waals surface area contributed by atoms with Crippen molar-refractivity contribution in [3.8, 4) is 23.0 Å². The molecule has 0 saturated carbocycles. The number of aliphatic imine (C=N–C) groups is 2. The normalized spacial score (nSPS) is 14.8. The van der Waals surface area contributed by atoms with Crippen molar-refractivity contribution in [3.63, 3.8) is 0 Å². The van der Waals surface area contributed by atoms with Crippen LogP contribution in [0.3, 0.4) is 0 Å². The number of hydrogen-bond acceptors (Lipinski definition) is 18. The maximum absolute atomic E-state index is 14.6. The summed E-state index contributed by atoms with van der Waals surface area (Å²) in [5, 5.41) is 48.9. The summed E-state index contributed by atoms with van der Waals surface area (Å²) < 4.78 is 12.3. The zero-order valence-electron chi connectivity index (χ0n) is 61.1. The molecule has 0 aromatic heterocycles. The van der Waals surface area contributed by atoms with E-state index in [0.717, 1.165) is 0 Å². The van der Waals surface area contributed by atoms with Crippen LogP contribution in [0.4, 0.5) is 5.69 Å². The van der Waals surface area contributed by atoms with Crippen LogP contribution in [-0.4, -0.2) is 161 Å². The number of thiocarbonyl (C=S) groups is 1. The quantitative estimate of drug-likeness (QED) is 0.0127. The van der Waals surface area contributed by atoms with Gasteiger partial charge in [0.25, 0.3) is 0 Å². The smallest absolute Gasteiger partial charge is 0.342 e. The minimum Gasteiger partial charge on any atom is -0.508 e. The van der Waals surface area contributed by atoms with Gasteiger partial charge in [-0.05, 0) is 149 Å². The highest BCUT2D eigenvalue weighted by Crippen LogP contribution is 2.58. The molecule has 8 atom stereocenters. The Morgan fingerprint density at radius 3 is 1.37 bits per heavy atom. The van der Waals surface area contributed by atoms with E-state index in [1.807, 2.05) is 55.4 Å². The Hall–Kier alpha value is -10.0. The molecule has 0 unspecified atom stereocenters. The maximum atomic E-state index is 14.6. The predicted molar refractivity (Wildman–Crippen MR) is 397 cm³/mol. The Morgan fingerprint density at radius 2 is 0.923 bits per heavy atom. The van der Waals surface area contributed by atoms with Gasteiger partial charge in [-0.25, -0.2) is 4.79 Å². The van der Waals surface area contributed by atoms with Gasteiger partial charge < -0.3 is 107 Å². The highest BCUT2D eigenvalue weighted by atomic mass is 32.1. The summed E-state index contributed by atoms with van der Waals surface area (Å²) >= 11 is 5.64. The monoisotopic (exact) mass is 1470 g/mol. The van der Waals surface area contributed by atoms with Crippen molar-refractivity contribution < 1.29 is 67.6 Å². The molecule has 0 bridgehead atoms. The number of unbranched alkanes of at least 4 members (excludes halogenated alkanes) is 1. The lowest BCUT2D eigenvalue weighted by Crippen LogP contribution is -2.61. The molecule has 33 heteroatoms. The van der Waals surface area contributed by atoms with E-state index in [1.54, 1.807) is 44.2 Å². The summed E-state index contributed by atoms with van der Waals surface area (Å²) in [5.41, 5.74) is 33.6. The van der Waals surface area contributed by atoms with Gasteiger partial charge in [-0.2, -0.15) is 0 Å². The van der Waals surface area contributed by atoms with Crippen molar-refractivity contribution in [2.75, 3.05) is 31.5 Å². The molecule has 104 heavy (non-hydrogen) atoms. The largest absolute Gasteiger partial charge is 0.508 e. The predicted octanol–water partition coefficient (Wildman–Crippen LogP) is 1.78. The molecule has 3 aromatic carbocycles. The van der Waals surface area contributed by atoms with Crippen molar-refractivity contribution in [2.45, 2.75) is 200 Å². The number of aromatic hydroxyl groups is 2. The van der Waals surface area contributed by atoms with E-state index in [4.69, 9.17) is 56.1 Å². The summed E-state index contributed by atoms with van der Waals surface area (Å²) in [6, 6.07) is 4.09. The number of benzene rings is 3. The number of phenolic OH excluding ortho intramolecular Hbond substituents is 2. The minimum absolute atomic E-state index is 0.0216. The molecular weight excluding hydrogens is 1360 g/mol. The topological polar surface area (TPSA) is 531 Å². The number of carbonyl (C=O) groups is 10. The van der Waals surface area contributed by atoms with Crippen LogP contribution < -0.4 is 92.3 Å². The number of ether oxygens (including phenoxy) is 2. The van der Waals surface area contributed by atoms with Crippen molar-refractivity contribution in [1.29, 1.82) is 0 Å². The fourth-order valence-electron chi connectivity index (χ4n) is 12.1. The first-order valence-corrected chi connectivity index (χ1v) is 35.7. The van der Waals surface area contributed by atoms with Gasteiger partial charge in [0, 0.05) is 54.9 Å². The number of nitrogens with two attached hydrogens (primary N) is 6. The number of fused-ring (bicyclic) bond motifs is 6.